The highest BCUT2D eigenvalue weighted by Crippen LogP contribution is 2.33. The zero-order valence-corrected chi connectivity index (χ0v) is 12.3. The van der Waals surface area contributed by atoms with E-state index in [1.807, 2.05) is 12.1 Å². The van der Waals surface area contributed by atoms with E-state index >= 15 is 0 Å². The maximum absolute atomic E-state index is 14.2. The molecule has 106 valence electrons. The van der Waals surface area contributed by atoms with Crippen LogP contribution in [0.3, 0.4) is 0 Å². The van der Waals surface area contributed by atoms with Crippen LogP contribution in [0.2, 0.25) is 0 Å². The third kappa shape index (κ3) is 3.69. The summed E-state index contributed by atoms with van der Waals surface area (Å²) >= 11 is 0. The molecule has 0 atom stereocenters. The van der Waals surface area contributed by atoms with Crippen LogP contribution in [0.1, 0.15) is 39.2 Å². The number of nitrogens with zero attached hydrogens (tertiary/aromatic N) is 1. The summed E-state index contributed by atoms with van der Waals surface area (Å²) < 4.78 is 14.2. The Bertz CT molecular complexity index is 419. The summed E-state index contributed by atoms with van der Waals surface area (Å²) in [6.07, 6.45) is 2.26. The van der Waals surface area contributed by atoms with Gasteiger partial charge in [0.2, 0.25) is 0 Å². The summed E-state index contributed by atoms with van der Waals surface area (Å²) in [5.41, 5.74) is 2.18. The fourth-order valence-corrected chi connectivity index (χ4v) is 2.54. The van der Waals surface area contributed by atoms with Gasteiger partial charge in [0.15, 0.2) is 0 Å². The van der Waals surface area contributed by atoms with Gasteiger partial charge < -0.3 is 10.2 Å². The van der Waals surface area contributed by atoms with Crippen molar-refractivity contribution < 1.29 is 4.39 Å². The van der Waals surface area contributed by atoms with Crippen molar-refractivity contribution in [2.75, 3.05) is 24.5 Å². The fraction of sp³-hybridized carbons (Fsp3) is 0.625. The minimum Gasteiger partial charge on any atom is -0.369 e. The number of hydrogen-bond acceptors (Lipinski definition) is 2. The van der Waals surface area contributed by atoms with Gasteiger partial charge in [-0.25, -0.2) is 4.39 Å². The number of benzene rings is 1. The molecule has 0 amide bonds. The molecule has 1 aromatic carbocycles. The lowest BCUT2D eigenvalue weighted by Crippen LogP contribution is -2.37. The van der Waals surface area contributed by atoms with Gasteiger partial charge in [-0.05, 0) is 42.5 Å². The number of hydrogen-bond donors (Lipinski definition) is 1. The number of nitrogens with one attached hydrogen (secondary N) is 1. The Kier molecular flexibility index (Phi) is 4.46. The van der Waals surface area contributed by atoms with E-state index in [0.717, 1.165) is 50.3 Å². The van der Waals surface area contributed by atoms with Crippen LogP contribution in [0.4, 0.5) is 10.1 Å². The van der Waals surface area contributed by atoms with E-state index in [2.05, 4.69) is 31.0 Å². The van der Waals surface area contributed by atoms with E-state index in [9.17, 15) is 4.39 Å². The van der Waals surface area contributed by atoms with Crippen LogP contribution in [-0.4, -0.2) is 19.6 Å². The predicted molar refractivity (Wildman–Crippen MR) is 79.0 cm³/mol. The molecule has 2 nitrogen and oxygen atoms in total. The molecule has 0 spiro atoms. The highest BCUT2D eigenvalue weighted by atomic mass is 19.1. The first-order valence-corrected chi connectivity index (χ1v) is 7.26. The van der Waals surface area contributed by atoms with Crippen LogP contribution >= 0.6 is 0 Å². The van der Waals surface area contributed by atoms with Crippen LogP contribution in [0.15, 0.2) is 18.2 Å². The van der Waals surface area contributed by atoms with Crippen LogP contribution < -0.4 is 10.2 Å². The number of anilines is 1. The second-order valence-electron chi connectivity index (χ2n) is 6.22. The zero-order chi connectivity index (χ0) is 13.9. The summed E-state index contributed by atoms with van der Waals surface area (Å²) in [5, 5.41) is 3.22. The number of rotatable bonds is 4. The quantitative estimate of drug-likeness (QED) is 0.894. The molecule has 3 heteroatoms. The van der Waals surface area contributed by atoms with Gasteiger partial charge in [0.05, 0.1) is 5.69 Å². The van der Waals surface area contributed by atoms with E-state index in [1.54, 1.807) is 6.07 Å². The zero-order valence-electron chi connectivity index (χ0n) is 12.3. The Balaban J connectivity index is 2.05. The van der Waals surface area contributed by atoms with Gasteiger partial charge in [-0.1, -0.05) is 26.8 Å². The Morgan fingerprint density at radius 2 is 1.95 bits per heavy atom. The molecule has 0 radical (unpaired) electrons. The van der Waals surface area contributed by atoms with E-state index in [1.165, 1.54) is 0 Å². The average molecular weight is 264 g/mol. The van der Waals surface area contributed by atoms with E-state index in [4.69, 9.17) is 0 Å². The first kappa shape index (κ1) is 14.3. The van der Waals surface area contributed by atoms with Crippen LogP contribution in [0.25, 0.3) is 0 Å². The van der Waals surface area contributed by atoms with Crippen molar-refractivity contribution in [3.8, 4) is 0 Å². The summed E-state index contributed by atoms with van der Waals surface area (Å²) in [6, 6.07) is 5.62. The molecule has 1 N–H and O–H groups in total. The van der Waals surface area contributed by atoms with Gasteiger partial charge in [0, 0.05) is 19.6 Å². The molecule has 1 fully saturated rings. The molecule has 0 unspecified atom stereocenters. The maximum atomic E-state index is 14.2. The Hall–Kier alpha value is -1.09. The molecule has 1 saturated heterocycles. The summed E-state index contributed by atoms with van der Waals surface area (Å²) in [4.78, 5) is 2.18. The minimum atomic E-state index is -0.0879. The fourth-order valence-electron chi connectivity index (χ4n) is 2.54. The molecule has 0 bridgehead atoms. The van der Waals surface area contributed by atoms with Crippen molar-refractivity contribution in [1.29, 1.82) is 0 Å². The predicted octanol–water partition coefficient (Wildman–Crippen LogP) is 3.56. The van der Waals surface area contributed by atoms with Gasteiger partial charge in [-0.15, -0.1) is 0 Å². The molecule has 0 aliphatic carbocycles. The molecule has 0 aromatic heterocycles. The second kappa shape index (κ2) is 5.91. The first-order valence-electron chi connectivity index (χ1n) is 7.26. The highest BCUT2D eigenvalue weighted by Gasteiger charge is 2.26. The van der Waals surface area contributed by atoms with Gasteiger partial charge in [0.25, 0.3) is 0 Å². The molecule has 2 rings (SSSR count). The van der Waals surface area contributed by atoms with E-state index < -0.39 is 0 Å². The van der Waals surface area contributed by atoms with Gasteiger partial charge in [0.1, 0.15) is 5.82 Å². The van der Waals surface area contributed by atoms with Gasteiger partial charge in [-0.3, -0.25) is 0 Å². The number of halogens is 1. The van der Waals surface area contributed by atoms with Crippen molar-refractivity contribution in [2.45, 2.75) is 40.2 Å². The third-order valence-electron chi connectivity index (χ3n) is 4.05. The lowest BCUT2D eigenvalue weighted by molar-refractivity contribution is 0.279. The van der Waals surface area contributed by atoms with Crippen molar-refractivity contribution in [3.63, 3.8) is 0 Å². The molecule has 1 aromatic rings. The van der Waals surface area contributed by atoms with Crippen LogP contribution in [0, 0.1) is 11.2 Å². The minimum absolute atomic E-state index is 0.0879. The maximum Gasteiger partial charge on any atom is 0.146 e. The Morgan fingerprint density at radius 3 is 2.53 bits per heavy atom. The average Bonchev–Trinajstić information content (AvgIpc) is 2.37. The second-order valence-corrected chi connectivity index (χ2v) is 6.22. The Morgan fingerprint density at radius 1 is 1.26 bits per heavy atom. The largest absolute Gasteiger partial charge is 0.369 e. The van der Waals surface area contributed by atoms with Crippen molar-refractivity contribution in [3.05, 3.63) is 29.6 Å². The topological polar surface area (TPSA) is 15.3 Å². The van der Waals surface area contributed by atoms with Gasteiger partial charge >= 0.3 is 0 Å². The highest BCUT2D eigenvalue weighted by molar-refractivity contribution is 5.49. The van der Waals surface area contributed by atoms with Crippen LogP contribution in [-0.2, 0) is 6.54 Å². The van der Waals surface area contributed by atoms with Gasteiger partial charge in [-0.2, -0.15) is 0 Å². The SMILES string of the molecule is CCNCc1ccc(N2CCC(C)(C)CC2)c(F)c1. The third-order valence-corrected chi connectivity index (χ3v) is 4.05. The van der Waals surface area contributed by atoms with Crippen LogP contribution in [0.5, 0.6) is 0 Å². The van der Waals surface area contributed by atoms with E-state index in [0.29, 0.717) is 5.41 Å². The van der Waals surface area contributed by atoms with Crippen molar-refractivity contribution >= 4 is 5.69 Å². The molecule has 0 saturated carbocycles. The molecule has 1 aliphatic rings. The molecule has 19 heavy (non-hydrogen) atoms. The normalized spacial score (nSPS) is 18.6. The summed E-state index contributed by atoms with van der Waals surface area (Å²) in [7, 11) is 0. The lowest BCUT2D eigenvalue weighted by Gasteiger charge is -2.38. The molecular formula is C16H25FN2. The smallest absolute Gasteiger partial charge is 0.146 e. The first-order chi connectivity index (χ1) is 9.02. The summed E-state index contributed by atoms with van der Waals surface area (Å²) in [5.74, 6) is -0.0879. The standard InChI is InChI=1S/C16H25FN2/c1-4-18-12-13-5-6-15(14(17)11-13)19-9-7-16(2,3)8-10-19/h5-6,11,18H,4,7-10,12H2,1-3H3. The van der Waals surface area contributed by atoms with Crippen molar-refractivity contribution in [1.82, 2.24) is 5.32 Å². The molecule has 1 aliphatic heterocycles. The van der Waals surface area contributed by atoms with E-state index in [-0.39, 0.29) is 5.82 Å². The summed E-state index contributed by atoms with van der Waals surface area (Å²) in [6.45, 7) is 10.2. The Labute approximate surface area is 116 Å². The van der Waals surface area contributed by atoms with Crippen molar-refractivity contribution in [2.24, 2.45) is 5.41 Å². The molecule has 1 heterocycles. The molecular weight excluding hydrogens is 239 g/mol. The monoisotopic (exact) mass is 264 g/mol. The lowest BCUT2D eigenvalue weighted by atomic mass is 9.82. The number of piperidine rings is 1.